The summed E-state index contributed by atoms with van der Waals surface area (Å²) in [4.78, 5) is 25.5. The van der Waals surface area contributed by atoms with E-state index in [1.807, 2.05) is 73.0 Å². The molecule has 1 aromatic heterocycles. The summed E-state index contributed by atoms with van der Waals surface area (Å²) in [5.74, 6) is -1.96. The van der Waals surface area contributed by atoms with Crippen LogP contribution < -0.4 is 5.32 Å². The number of halogens is 1. The minimum atomic E-state index is -1.19. The van der Waals surface area contributed by atoms with E-state index in [0.29, 0.717) is 40.8 Å². The Bertz CT molecular complexity index is 1660. The standard InChI is InChI=1S/C39H45FN2O6/c1-25(2)37-36(39(47)41-30-18-12-26(13-19-30)24-48-33-10-6-7-11-33)35(27-8-4-3-5-9-27)38(28-14-16-29(40)17-15-28)42(37)21-20-31(43)22-32(44)23-34(45)46/h3-5,8-9,12-19,25,31-33,43-44H,6-7,10-11,20-24H2,1-2H3,(H,41,47)(H,45,46)/t31-,32-/m1/s1. The van der Waals surface area contributed by atoms with Gasteiger partial charge in [-0.2, -0.15) is 0 Å². The zero-order valence-corrected chi connectivity index (χ0v) is 27.6. The van der Waals surface area contributed by atoms with E-state index in [4.69, 9.17) is 9.84 Å². The van der Waals surface area contributed by atoms with Crippen molar-refractivity contribution in [3.8, 4) is 22.4 Å². The largest absolute Gasteiger partial charge is 0.481 e. The van der Waals surface area contributed by atoms with Crippen LogP contribution in [0, 0.1) is 5.82 Å². The molecule has 2 atom stereocenters. The third-order valence-corrected chi connectivity index (χ3v) is 8.90. The van der Waals surface area contributed by atoms with Gasteiger partial charge in [-0.3, -0.25) is 9.59 Å². The number of hydrogen-bond acceptors (Lipinski definition) is 5. The second-order valence-electron chi connectivity index (χ2n) is 13.0. The second kappa shape index (κ2) is 16.2. The molecule has 8 nitrogen and oxygen atoms in total. The van der Waals surface area contributed by atoms with Crippen LogP contribution >= 0.6 is 0 Å². The number of anilines is 1. The average Bonchev–Trinajstić information content (AvgIpc) is 3.70. The van der Waals surface area contributed by atoms with Crippen LogP contribution in [0.3, 0.4) is 0 Å². The van der Waals surface area contributed by atoms with E-state index in [2.05, 4.69) is 5.32 Å². The van der Waals surface area contributed by atoms with Crippen LogP contribution in [0.5, 0.6) is 0 Å². The molecule has 1 saturated carbocycles. The number of hydrogen-bond donors (Lipinski definition) is 4. The lowest BCUT2D eigenvalue weighted by Gasteiger charge is -2.20. The number of carbonyl (C=O) groups excluding carboxylic acids is 1. The number of ether oxygens (including phenoxy) is 1. The molecule has 4 aromatic rings. The SMILES string of the molecule is CC(C)c1c(C(=O)Nc2ccc(COC3CCCC3)cc2)c(-c2ccccc2)c(-c2ccc(F)cc2)n1CC[C@@H](O)C[C@@H](O)CC(=O)O. The molecule has 0 radical (unpaired) electrons. The average molecular weight is 657 g/mol. The maximum atomic E-state index is 14.4. The fraction of sp³-hybridized carbons (Fsp3) is 0.385. The number of carboxylic acid groups (broad SMARTS) is 1. The number of aliphatic hydroxyl groups is 2. The first-order valence-corrected chi connectivity index (χ1v) is 16.8. The number of nitrogens with zero attached hydrogens (tertiary/aromatic N) is 1. The maximum absolute atomic E-state index is 14.4. The number of benzene rings is 3. The molecule has 0 unspecified atom stereocenters. The molecule has 1 aliphatic rings. The molecule has 1 heterocycles. The van der Waals surface area contributed by atoms with Gasteiger partial charge in [0.15, 0.2) is 0 Å². The van der Waals surface area contributed by atoms with E-state index >= 15 is 0 Å². The molecular weight excluding hydrogens is 611 g/mol. The lowest BCUT2D eigenvalue weighted by atomic mass is 9.94. The van der Waals surface area contributed by atoms with Gasteiger partial charge in [-0.25, -0.2) is 4.39 Å². The fourth-order valence-electron chi connectivity index (χ4n) is 6.64. The highest BCUT2D eigenvalue weighted by molar-refractivity contribution is 6.12. The van der Waals surface area contributed by atoms with Crippen LogP contribution in [0.1, 0.15) is 86.3 Å². The number of aliphatic carboxylic acids is 1. The summed E-state index contributed by atoms with van der Waals surface area (Å²) in [5, 5.41) is 33.1. The zero-order valence-electron chi connectivity index (χ0n) is 27.6. The van der Waals surface area contributed by atoms with Crippen molar-refractivity contribution in [1.29, 1.82) is 0 Å². The molecule has 0 saturated heterocycles. The van der Waals surface area contributed by atoms with Gasteiger partial charge >= 0.3 is 5.97 Å². The normalized spacial score (nSPS) is 14.7. The Morgan fingerprint density at radius 1 is 0.917 bits per heavy atom. The van der Waals surface area contributed by atoms with Crippen LogP contribution in [-0.4, -0.2) is 50.1 Å². The summed E-state index contributed by atoms with van der Waals surface area (Å²) < 4.78 is 22.2. The van der Waals surface area contributed by atoms with E-state index in [1.165, 1.54) is 25.0 Å². The van der Waals surface area contributed by atoms with Crippen molar-refractivity contribution >= 4 is 17.6 Å². The number of carbonyl (C=O) groups is 2. The van der Waals surface area contributed by atoms with Crippen molar-refractivity contribution in [1.82, 2.24) is 4.57 Å². The highest BCUT2D eigenvalue weighted by Crippen LogP contribution is 2.42. The Hall–Kier alpha value is -4.31. The van der Waals surface area contributed by atoms with Gasteiger partial charge in [-0.05, 0) is 84.7 Å². The summed E-state index contributed by atoms with van der Waals surface area (Å²) in [7, 11) is 0. The number of aromatic nitrogens is 1. The minimum Gasteiger partial charge on any atom is -0.481 e. The fourth-order valence-corrected chi connectivity index (χ4v) is 6.64. The summed E-state index contributed by atoms with van der Waals surface area (Å²) in [6.07, 6.45) is 2.38. The molecule has 4 N–H and O–H groups in total. The van der Waals surface area contributed by atoms with Crippen molar-refractivity contribution in [3.05, 3.63) is 102 Å². The lowest BCUT2D eigenvalue weighted by Crippen LogP contribution is -2.22. The van der Waals surface area contributed by atoms with E-state index < -0.39 is 24.6 Å². The Balaban J connectivity index is 1.54. The molecule has 3 aromatic carbocycles. The molecule has 254 valence electrons. The summed E-state index contributed by atoms with van der Waals surface area (Å²) in [6.45, 7) is 4.79. The minimum absolute atomic E-state index is 0.100. The van der Waals surface area contributed by atoms with Crippen molar-refractivity contribution in [2.45, 2.75) is 96.2 Å². The molecule has 48 heavy (non-hydrogen) atoms. The zero-order chi connectivity index (χ0) is 34.2. The molecule has 0 bridgehead atoms. The molecular formula is C39H45FN2O6. The van der Waals surface area contributed by atoms with Crippen LogP contribution in [0.4, 0.5) is 10.1 Å². The molecule has 0 aliphatic heterocycles. The predicted octanol–water partition coefficient (Wildman–Crippen LogP) is 7.77. The highest BCUT2D eigenvalue weighted by Gasteiger charge is 2.31. The summed E-state index contributed by atoms with van der Waals surface area (Å²) in [6, 6.07) is 23.4. The van der Waals surface area contributed by atoms with Gasteiger partial charge in [0.2, 0.25) is 0 Å². The van der Waals surface area contributed by atoms with Gasteiger partial charge in [0, 0.05) is 23.5 Å². The first-order valence-electron chi connectivity index (χ1n) is 16.8. The molecule has 0 spiro atoms. The van der Waals surface area contributed by atoms with Gasteiger partial charge in [0.1, 0.15) is 5.82 Å². The first-order chi connectivity index (χ1) is 23.1. The third-order valence-electron chi connectivity index (χ3n) is 8.90. The van der Waals surface area contributed by atoms with Crippen LogP contribution in [0.25, 0.3) is 22.4 Å². The number of carboxylic acids is 1. The van der Waals surface area contributed by atoms with Crippen molar-refractivity contribution in [3.63, 3.8) is 0 Å². The Morgan fingerprint density at radius 2 is 1.58 bits per heavy atom. The van der Waals surface area contributed by atoms with Crippen molar-refractivity contribution < 1.29 is 34.0 Å². The Labute approximate surface area is 281 Å². The van der Waals surface area contributed by atoms with E-state index in [1.54, 1.807) is 12.1 Å². The first kappa shape index (κ1) is 35.0. The molecule has 1 fully saturated rings. The molecule has 1 aliphatic carbocycles. The maximum Gasteiger partial charge on any atom is 0.305 e. The van der Waals surface area contributed by atoms with Crippen LogP contribution in [0.2, 0.25) is 0 Å². The third kappa shape index (κ3) is 8.78. The van der Waals surface area contributed by atoms with Gasteiger partial charge in [0.05, 0.1) is 42.6 Å². The number of rotatable bonds is 15. The van der Waals surface area contributed by atoms with Crippen LogP contribution in [0.15, 0.2) is 78.9 Å². The molecule has 1 amide bonds. The number of amides is 1. The van der Waals surface area contributed by atoms with Gasteiger partial charge in [0.25, 0.3) is 5.91 Å². The van der Waals surface area contributed by atoms with Crippen molar-refractivity contribution in [2.24, 2.45) is 0 Å². The number of aliphatic hydroxyl groups excluding tert-OH is 2. The topological polar surface area (TPSA) is 121 Å². The van der Waals surface area contributed by atoms with Gasteiger partial charge < -0.3 is 29.9 Å². The summed E-state index contributed by atoms with van der Waals surface area (Å²) in [5.41, 5.74) is 5.78. The summed E-state index contributed by atoms with van der Waals surface area (Å²) >= 11 is 0. The van der Waals surface area contributed by atoms with Gasteiger partial charge in [-0.15, -0.1) is 0 Å². The molecule has 9 heteroatoms. The predicted molar refractivity (Wildman–Crippen MR) is 184 cm³/mol. The number of nitrogens with one attached hydrogen (secondary N) is 1. The Morgan fingerprint density at radius 3 is 2.21 bits per heavy atom. The van der Waals surface area contributed by atoms with Crippen molar-refractivity contribution in [2.75, 3.05) is 5.32 Å². The smallest absolute Gasteiger partial charge is 0.305 e. The van der Waals surface area contributed by atoms with E-state index in [0.717, 1.165) is 29.7 Å². The Kier molecular flexibility index (Phi) is 11.8. The van der Waals surface area contributed by atoms with E-state index in [9.17, 15) is 24.2 Å². The van der Waals surface area contributed by atoms with Gasteiger partial charge in [-0.1, -0.05) is 69.2 Å². The monoisotopic (exact) mass is 656 g/mol. The quantitative estimate of drug-likeness (QED) is 0.104. The van der Waals surface area contributed by atoms with E-state index in [-0.39, 0.29) is 37.0 Å². The molecule has 5 rings (SSSR count). The van der Waals surface area contributed by atoms with Crippen LogP contribution in [-0.2, 0) is 22.7 Å². The highest BCUT2D eigenvalue weighted by atomic mass is 19.1. The lowest BCUT2D eigenvalue weighted by molar-refractivity contribution is -0.139. The second-order valence-corrected chi connectivity index (χ2v) is 13.0.